The van der Waals surface area contributed by atoms with Gasteiger partial charge < -0.3 is 10.1 Å². The molecule has 4 aromatic rings. The number of carbonyl (C=O) groups is 1. The number of fused-ring (bicyclic) bond motifs is 1. The van der Waals surface area contributed by atoms with Crippen molar-refractivity contribution < 1.29 is 14.5 Å². The SMILES string of the molecule is O=C(NCCOc1ccc2nnc(-c3ccccc3Cl)n2n1)c1cccc([N+](=O)[O-])c1. The molecular weight excluding hydrogens is 424 g/mol. The van der Waals surface area contributed by atoms with Crippen molar-refractivity contribution in [2.45, 2.75) is 0 Å². The van der Waals surface area contributed by atoms with Crippen LogP contribution in [0.25, 0.3) is 17.0 Å². The number of nitro groups is 1. The monoisotopic (exact) mass is 438 g/mol. The van der Waals surface area contributed by atoms with Crippen LogP contribution >= 0.6 is 11.6 Å². The van der Waals surface area contributed by atoms with Crippen LogP contribution in [0.5, 0.6) is 5.88 Å². The molecule has 2 aromatic carbocycles. The molecule has 0 fully saturated rings. The van der Waals surface area contributed by atoms with E-state index in [1.54, 1.807) is 18.2 Å². The summed E-state index contributed by atoms with van der Waals surface area (Å²) >= 11 is 6.25. The molecule has 10 nitrogen and oxygen atoms in total. The summed E-state index contributed by atoms with van der Waals surface area (Å²) in [6.45, 7) is 0.323. The van der Waals surface area contributed by atoms with E-state index in [-0.39, 0.29) is 24.4 Å². The number of aromatic nitrogens is 4. The Hall–Kier alpha value is -4.05. The van der Waals surface area contributed by atoms with Gasteiger partial charge in [0.15, 0.2) is 11.5 Å². The van der Waals surface area contributed by atoms with Gasteiger partial charge in [0, 0.05) is 29.3 Å². The number of carbonyl (C=O) groups excluding carboxylic acids is 1. The van der Waals surface area contributed by atoms with Crippen molar-refractivity contribution in [1.29, 1.82) is 0 Å². The number of hydrogen-bond acceptors (Lipinski definition) is 7. The van der Waals surface area contributed by atoms with Crippen LogP contribution in [-0.4, -0.2) is 43.8 Å². The van der Waals surface area contributed by atoms with Crippen LogP contribution in [-0.2, 0) is 0 Å². The topological polar surface area (TPSA) is 125 Å². The summed E-state index contributed by atoms with van der Waals surface area (Å²) in [5.74, 6) is 0.353. The molecule has 0 aliphatic heterocycles. The number of benzene rings is 2. The van der Waals surface area contributed by atoms with Crippen LogP contribution in [0.1, 0.15) is 10.4 Å². The highest BCUT2D eigenvalue weighted by molar-refractivity contribution is 6.33. The van der Waals surface area contributed by atoms with Crippen molar-refractivity contribution in [1.82, 2.24) is 25.1 Å². The summed E-state index contributed by atoms with van der Waals surface area (Å²) in [6, 6.07) is 16.1. The van der Waals surface area contributed by atoms with Crippen molar-refractivity contribution in [2.75, 3.05) is 13.2 Å². The molecule has 4 rings (SSSR count). The van der Waals surface area contributed by atoms with Crippen LogP contribution in [0.2, 0.25) is 5.02 Å². The van der Waals surface area contributed by atoms with Gasteiger partial charge in [0.2, 0.25) is 5.88 Å². The molecule has 2 aromatic heterocycles. The van der Waals surface area contributed by atoms with E-state index in [0.29, 0.717) is 27.9 Å². The molecule has 11 heteroatoms. The quantitative estimate of drug-likeness (QED) is 0.267. The van der Waals surface area contributed by atoms with Gasteiger partial charge in [-0.2, -0.15) is 4.52 Å². The highest BCUT2D eigenvalue weighted by Crippen LogP contribution is 2.26. The van der Waals surface area contributed by atoms with Crippen LogP contribution < -0.4 is 10.1 Å². The van der Waals surface area contributed by atoms with E-state index in [2.05, 4.69) is 20.6 Å². The first-order valence-electron chi connectivity index (χ1n) is 9.16. The van der Waals surface area contributed by atoms with E-state index >= 15 is 0 Å². The second-order valence-electron chi connectivity index (χ2n) is 6.36. The summed E-state index contributed by atoms with van der Waals surface area (Å²) in [5.41, 5.74) is 1.26. The summed E-state index contributed by atoms with van der Waals surface area (Å²) in [4.78, 5) is 22.4. The summed E-state index contributed by atoms with van der Waals surface area (Å²) < 4.78 is 7.14. The third kappa shape index (κ3) is 4.43. The Morgan fingerprint density at radius 2 is 1.97 bits per heavy atom. The van der Waals surface area contributed by atoms with Crippen molar-refractivity contribution in [2.24, 2.45) is 0 Å². The predicted molar refractivity (Wildman–Crippen MR) is 112 cm³/mol. The number of ether oxygens (including phenoxy) is 1. The third-order valence-electron chi connectivity index (χ3n) is 4.31. The van der Waals surface area contributed by atoms with E-state index < -0.39 is 10.8 Å². The minimum absolute atomic E-state index is 0.142. The Morgan fingerprint density at radius 3 is 2.77 bits per heavy atom. The zero-order valence-corrected chi connectivity index (χ0v) is 16.7. The van der Waals surface area contributed by atoms with E-state index in [4.69, 9.17) is 16.3 Å². The average molecular weight is 439 g/mol. The highest BCUT2D eigenvalue weighted by Gasteiger charge is 2.14. The van der Waals surface area contributed by atoms with Crippen LogP contribution in [0, 0.1) is 10.1 Å². The number of non-ortho nitro benzene ring substituents is 1. The molecule has 0 aliphatic carbocycles. The van der Waals surface area contributed by atoms with Gasteiger partial charge in [-0.15, -0.1) is 15.3 Å². The van der Waals surface area contributed by atoms with E-state index in [1.165, 1.54) is 28.8 Å². The molecule has 0 aliphatic rings. The van der Waals surface area contributed by atoms with Crippen LogP contribution in [0.15, 0.2) is 60.7 Å². The maximum atomic E-state index is 12.2. The normalized spacial score (nSPS) is 10.7. The first kappa shape index (κ1) is 20.2. The molecule has 156 valence electrons. The number of nitrogens with zero attached hydrogens (tertiary/aromatic N) is 5. The lowest BCUT2D eigenvalue weighted by atomic mass is 10.2. The first-order chi connectivity index (χ1) is 15.0. The lowest BCUT2D eigenvalue weighted by Gasteiger charge is -2.08. The van der Waals surface area contributed by atoms with Crippen molar-refractivity contribution in [3.05, 3.63) is 81.4 Å². The lowest BCUT2D eigenvalue weighted by molar-refractivity contribution is -0.384. The standard InChI is InChI=1S/C20H15ClN6O4/c21-16-7-2-1-6-15(16)19-24-23-17-8-9-18(25-26(17)19)31-11-10-22-20(28)13-4-3-5-14(12-13)27(29)30/h1-9,12H,10-11H2,(H,22,28). The summed E-state index contributed by atoms with van der Waals surface area (Å²) in [7, 11) is 0. The molecular formula is C20H15ClN6O4. The van der Waals surface area contributed by atoms with Crippen LogP contribution in [0.4, 0.5) is 5.69 Å². The van der Waals surface area contributed by atoms with Gasteiger partial charge in [-0.1, -0.05) is 29.8 Å². The van der Waals surface area contributed by atoms with Gasteiger partial charge >= 0.3 is 0 Å². The fourth-order valence-corrected chi connectivity index (χ4v) is 3.06. The van der Waals surface area contributed by atoms with Crippen molar-refractivity contribution >= 4 is 28.8 Å². The molecule has 1 amide bonds. The Balaban J connectivity index is 1.40. The third-order valence-corrected chi connectivity index (χ3v) is 4.64. The van der Waals surface area contributed by atoms with Crippen molar-refractivity contribution in [3.8, 4) is 17.3 Å². The zero-order chi connectivity index (χ0) is 21.8. The molecule has 31 heavy (non-hydrogen) atoms. The number of amides is 1. The second kappa shape index (κ2) is 8.76. The zero-order valence-electron chi connectivity index (χ0n) is 15.9. The maximum Gasteiger partial charge on any atom is 0.270 e. The molecule has 0 atom stereocenters. The molecule has 0 saturated carbocycles. The maximum absolute atomic E-state index is 12.2. The molecule has 2 heterocycles. The van der Waals surface area contributed by atoms with Gasteiger partial charge in [0.25, 0.3) is 11.6 Å². The Morgan fingerprint density at radius 1 is 1.13 bits per heavy atom. The van der Waals surface area contributed by atoms with Gasteiger partial charge in [-0.25, -0.2) is 0 Å². The van der Waals surface area contributed by atoms with Gasteiger partial charge in [0.1, 0.15) is 6.61 Å². The number of halogens is 1. The number of rotatable bonds is 7. The van der Waals surface area contributed by atoms with Gasteiger partial charge in [-0.3, -0.25) is 14.9 Å². The van der Waals surface area contributed by atoms with E-state index in [1.807, 2.05) is 18.2 Å². The minimum Gasteiger partial charge on any atom is -0.475 e. The van der Waals surface area contributed by atoms with Gasteiger partial charge in [0.05, 0.1) is 16.5 Å². The van der Waals surface area contributed by atoms with Crippen molar-refractivity contribution in [3.63, 3.8) is 0 Å². The Bertz CT molecular complexity index is 1280. The summed E-state index contributed by atoms with van der Waals surface area (Å²) in [6.07, 6.45) is 0. The van der Waals surface area contributed by atoms with Gasteiger partial charge in [-0.05, 0) is 24.3 Å². The molecule has 0 spiro atoms. The average Bonchev–Trinajstić information content (AvgIpc) is 3.20. The number of nitro benzene ring substituents is 1. The molecule has 0 unspecified atom stereocenters. The minimum atomic E-state index is -0.552. The highest BCUT2D eigenvalue weighted by atomic mass is 35.5. The lowest BCUT2D eigenvalue weighted by Crippen LogP contribution is -2.28. The first-order valence-corrected chi connectivity index (χ1v) is 9.53. The van der Waals surface area contributed by atoms with Crippen LogP contribution in [0.3, 0.4) is 0 Å². The molecule has 0 radical (unpaired) electrons. The molecule has 0 bridgehead atoms. The fourth-order valence-electron chi connectivity index (χ4n) is 2.84. The predicted octanol–water partition coefficient (Wildman–Crippen LogP) is 3.16. The fraction of sp³-hybridized carbons (Fsp3) is 0.100. The Kier molecular flexibility index (Phi) is 5.72. The Labute approximate surface area is 180 Å². The number of nitrogens with one attached hydrogen (secondary N) is 1. The van der Waals surface area contributed by atoms with E-state index in [9.17, 15) is 14.9 Å². The summed E-state index contributed by atoms with van der Waals surface area (Å²) in [5, 5.41) is 26.6. The molecule has 0 saturated heterocycles. The smallest absolute Gasteiger partial charge is 0.270 e. The second-order valence-corrected chi connectivity index (χ2v) is 6.76. The largest absolute Gasteiger partial charge is 0.475 e. The number of hydrogen-bond donors (Lipinski definition) is 1. The molecule has 1 N–H and O–H groups in total. The van der Waals surface area contributed by atoms with E-state index in [0.717, 1.165) is 0 Å².